The van der Waals surface area contributed by atoms with Crippen LogP contribution >= 0.6 is 0 Å². The van der Waals surface area contributed by atoms with Crippen LogP contribution in [0.4, 0.5) is 11.5 Å². The van der Waals surface area contributed by atoms with Crippen LogP contribution in [0.5, 0.6) is 6.01 Å². The summed E-state index contributed by atoms with van der Waals surface area (Å²) in [6.45, 7) is 12.2. The zero-order chi connectivity index (χ0) is 27.6. The topological polar surface area (TPSA) is 65.0 Å². The van der Waals surface area contributed by atoms with Gasteiger partial charge in [-0.2, -0.15) is 9.97 Å². The highest BCUT2D eigenvalue weighted by atomic mass is 16.5. The maximum absolute atomic E-state index is 12.2. The van der Waals surface area contributed by atoms with Crippen LogP contribution in [0.15, 0.2) is 49.1 Å². The van der Waals surface area contributed by atoms with Gasteiger partial charge in [-0.15, -0.1) is 0 Å². The molecule has 0 spiro atoms. The molecule has 0 aliphatic carbocycles. The lowest BCUT2D eigenvalue weighted by Gasteiger charge is -2.36. The number of carbonyl (C=O) groups excluding carboxylic acids is 1. The molecule has 8 nitrogen and oxygen atoms in total. The molecule has 8 heteroatoms. The zero-order valence-electron chi connectivity index (χ0n) is 23.8. The van der Waals surface area contributed by atoms with Crippen molar-refractivity contribution < 1.29 is 9.53 Å². The number of ether oxygens (including phenoxy) is 1. The SMILES string of the molecule is C=CC(=O)N1CCN(c2nc(OC[C@@H]3CCCN3C)nc3c2CCN(c2cccc4cccc(C)c24)CC3)CC1. The first kappa shape index (κ1) is 26.6. The molecule has 0 saturated carbocycles. The number of likely N-dealkylation sites (N-methyl/N-ethyl adjacent to an activating group) is 1. The third-order valence-electron chi connectivity index (χ3n) is 8.87. The van der Waals surface area contributed by atoms with Gasteiger partial charge in [0.05, 0.1) is 5.69 Å². The van der Waals surface area contributed by atoms with E-state index in [1.807, 2.05) is 4.90 Å². The fourth-order valence-electron chi connectivity index (χ4n) is 6.52. The standard InChI is InChI=1S/C32H40N6O2/c1-4-29(39)37-18-20-38(21-19-37)31-26-13-16-36(28-12-6-10-24-9-5-8-23(2)30(24)28)17-14-27(26)33-32(34-31)40-22-25-11-7-15-35(25)3/h4-6,8-10,12,25H,1,7,11,13-22H2,2-3H3/t25-/m0/s1. The molecule has 2 fully saturated rings. The van der Waals surface area contributed by atoms with E-state index < -0.39 is 0 Å². The Morgan fingerprint density at radius 2 is 1.77 bits per heavy atom. The van der Waals surface area contributed by atoms with E-state index in [0.29, 0.717) is 31.7 Å². The van der Waals surface area contributed by atoms with Gasteiger partial charge in [-0.05, 0) is 62.9 Å². The predicted molar refractivity (Wildman–Crippen MR) is 160 cm³/mol. The number of aryl methyl sites for hydroxylation is 1. The van der Waals surface area contributed by atoms with Crippen molar-refractivity contribution >= 4 is 28.2 Å². The summed E-state index contributed by atoms with van der Waals surface area (Å²) in [7, 11) is 2.16. The first-order chi connectivity index (χ1) is 19.5. The van der Waals surface area contributed by atoms with Crippen LogP contribution in [-0.4, -0.2) is 91.2 Å². The molecule has 4 heterocycles. The van der Waals surface area contributed by atoms with Gasteiger partial charge in [0.15, 0.2) is 0 Å². The van der Waals surface area contributed by atoms with E-state index in [9.17, 15) is 4.79 Å². The Bertz CT molecular complexity index is 1390. The van der Waals surface area contributed by atoms with E-state index in [1.54, 1.807) is 0 Å². The fraction of sp³-hybridized carbons (Fsp3) is 0.469. The molecule has 2 saturated heterocycles. The van der Waals surface area contributed by atoms with E-state index in [0.717, 1.165) is 63.5 Å². The number of amides is 1. The van der Waals surface area contributed by atoms with Gasteiger partial charge in [-0.3, -0.25) is 4.79 Å². The average molecular weight is 541 g/mol. The lowest BCUT2D eigenvalue weighted by atomic mass is 10.0. The number of hydrogen-bond acceptors (Lipinski definition) is 7. The van der Waals surface area contributed by atoms with Crippen molar-refractivity contribution in [1.82, 2.24) is 19.8 Å². The molecule has 3 aliphatic rings. The number of fused-ring (bicyclic) bond motifs is 2. The van der Waals surface area contributed by atoms with Gasteiger partial charge in [0.25, 0.3) is 0 Å². The number of anilines is 2. The molecular weight excluding hydrogens is 500 g/mol. The minimum absolute atomic E-state index is 0.00750. The predicted octanol–water partition coefficient (Wildman–Crippen LogP) is 3.85. The molecule has 2 aromatic carbocycles. The summed E-state index contributed by atoms with van der Waals surface area (Å²) in [5.41, 5.74) is 4.89. The Balaban J connectivity index is 1.29. The summed E-state index contributed by atoms with van der Waals surface area (Å²) >= 11 is 0. The maximum atomic E-state index is 12.2. The van der Waals surface area contributed by atoms with E-state index in [4.69, 9.17) is 14.7 Å². The van der Waals surface area contributed by atoms with E-state index in [-0.39, 0.29) is 5.91 Å². The smallest absolute Gasteiger partial charge is 0.318 e. The molecule has 40 heavy (non-hydrogen) atoms. The number of aromatic nitrogens is 2. The van der Waals surface area contributed by atoms with Crippen molar-refractivity contribution in [2.24, 2.45) is 0 Å². The van der Waals surface area contributed by atoms with Crippen LogP contribution in [0.2, 0.25) is 0 Å². The van der Waals surface area contributed by atoms with Crippen molar-refractivity contribution in [1.29, 1.82) is 0 Å². The van der Waals surface area contributed by atoms with Gasteiger partial charge in [0.1, 0.15) is 12.4 Å². The third kappa shape index (κ3) is 5.24. The van der Waals surface area contributed by atoms with Gasteiger partial charge < -0.3 is 24.3 Å². The van der Waals surface area contributed by atoms with Crippen molar-refractivity contribution in [3.8, 4) is 6.01 Å². The zero-order valence-corrected chi connectivity index (χ0v) is 23.8. The van der Waals surface area contributed by atoms with Gasteiger partial charge in [0, 0.05) is 68.4 Å². The summed E-state index contributed by atoms with van der Waals surface area (Å²) in [6, 6.07) is 14.0. The molecule has 0 N–H and O–H groups in total. The second-order valence-corrected chi connectivity index (χ2v) is 11.3. The van der Waals surface area contributed by atoms with Crippen LogP contribution in [0.3, 0.4) is 0 Å². The summed E-state index contributed by atoms with van der Waals surface area (Å²) < 4.78 is 6.28. The summed E-state index contributed by atoms with van der Waals surface area (Å²) in [4.78, 5) is 31.3. The highest BCUT2D eigenvalue weighted by Gasteiger charge is 2.28. The number of carbonyl (C=O) groups is 1. The number of likely N-dealkylation sites (tertiary alicyclic amines) is 1. The molecule has 0 bridgehead atoms. The quantitative estimate of drug-likeness (QED) is 0.440. The molecular formula is C32H40N6O2. The lowest BCUT2D eigenvalue weighted by molar-refractivity contribution is -0.126. The van der Waals surface area contributed by atoms with E-state index >= 15 is 0 Å². The van der Waals surface area contributed by atoms with E-state index in [2.05, 4.69) is 71.6 Å². The minimum atomic E-state index is -0.00750. The summed E-state index contributed by atoms with van der Waals surface area (Å²) in [5, 5.41) is 2.61. The summed E-state index contributed by atoms with van der Waals surface area (Å²) in [5.74, 6) is 0.966. The molecule has 6 rings (SSSR count). The van der Waals surface area contributed by atoms with Crippen LogP contribution in [-0.2, 0) is 17.6 Å². The molecule has 0 unspecified atom stereocenters. The second kappa shape index (κ2) is 11.5. The van der Waals surface area contributed by atoms with Crippen molar-refractivity contribution in [2.75, 3.05) is 69.3 Å². The molecule has 3 aliphatic heterocycles. The lowest BCUT2D eigenvalue weighted by Crippen LogP contribution is -2.49. The van der Waals surface area contributed by atoms with Crippen LogP contribution < -0.4 is 14.5 Å². The Labute approximate surface area is 237 Å². The van der Waals surface area contributed by atoms with Gasteiger partial charge in [-0.1, -0.05) is 36.9 Å². The molecule has 210 valence electrons. The minimum Gasteiger partial charge on any atom is -0.462 e. The molecule has 1 amide bonds. The Morgan fingerprint density at radius 3 is 2.52 bits per heavy atom. The second-order valence-electron chi connectivity index (χ2n) is 11.3. The van der Waals surface area contributed by atoms with Crippen LogP contribution in [0.25, 0.3) is 10.8 Å². The molecule has 3 aromatic rings. The van der Waals surface area contributed by atoms with Crippen molar-refractivity contribution in [3.63, 3.8) is 0 Å². The Hall–Kier alpha value is -3.65. The average Bonchev–Trinajstić information content (AvgIpc) is 3.27. The Kier molecular flexibility index (Phi) is 7.61. The first-order valence-corrected chi connectivity index (χ1v) is 14.6. The van der Waals surface area contributed by atoms with Crippen molar-refractivity contribution in [2.45, 2.75) is 38.6 Å². The number of piperazine rings is 1. The first-order valence-electron chi connectivity index (χ1n) is 14.6. The number of benzene rings is 2. The van der Waals surface area contributed by atoms with E-state index in [1.165, 1.54) is 40.1 Å². The fourth-order valence-corrected chi connectivity index (χ4v) is 6.52. The van der Waals surface area contributed by atoms with Gasteiger partial charge >= 0.3 is 6.01 Å². The highest BCUT2D eigenvalue weighted by Crippen LogP contribution is 2.33. The summed E-state index contributed by atoms with van der Waals surface area (Å²) in [6.07, 6.45) is 5.46. The molecule has 1 aromatic heterocycles. The van der Waals surface area contributed by atoms with Gasteiger partial charge in [-0.25, -0.2) is 0 Å². The number of rotatable bonds is 6. The normalized spacial score (nSPS) is 19.9. The largest absolute Gasteiger partial charge is 0.462 e. The maximum Gasteiger partial charge on any atom is 0.318 e. The molecule has 0 radical (unpaired) electrons. The Morgan fingerprint density at radius 1 is 1.00 bits per heavy atom. The highest BCUT2D eigenvalue weighted by molar-refractivity contribution is 5.97. The molecule has 1 atom stereocenters. The third-order valence-corrected chi connectivity index (χ3v) is 8.87. The number of nitrogens with zero attached hydrogens (tertiary/aromatic N) is 6. The van der Waals surface area contributed by atoms with Gasteiger partial charge in [0.2, 0.25) is 5.91 Å². The monoisotopic (exact) mass is 540 g/mol. The van der Waals surface area contributed by atoms with Crippen LogP contribution in [0, 0.1) is 6.92 Å². The number of hydrogen-bond donors (Lipinski definition) is 0. The van der Waals surface area contributed by atoms with Crippen molar-refractivity contribution in [3.05, 3.63) is 65.9 Å². The van der Waals surface area contributed by atoms with Crippen LogP contribution in [0.1, 0.15) is 29.7 Å².